The van der Waals surface area contributed by atoms with Crippen LogP contribution in [0.2, 0.25) is 0 Å². The number of hydrogen-bond donors (Lipinski definition) is 1. The summed E-state index contributed by atoms with van der Waals surface area (Å²) in [5.41, 5.74) is 1.61. The zero-order chi connectivity index (χ0) is 17.1. The van der Waals surface area contributed by atoms with E-state index < -0.39 is 0 Å². The maximum Gasteiger partial charge on any atom is 0.321 e. The summed E-state index contributed by atoms with van der Waals surface area (Å²) in [6, 6.07) is 11.2. The fourth-order valence-corrected chi connectivity index (χ4v) is 2.53. The van der Waals surface area contributed by atoms with Crippen LogP contribution in [0.25, 0.3) is 0 Å². The van der Waals surface area contributed by atoms with E-state index in [-0.39, 0.29) is 12.1 Å². The first kappa shape index (κ1) is 16.0. The second kappa shape index (κ2) is 6.74. The molecule has 0 saturated carbocycles. The minimum Gasteiger partial charge on any atom is -0.497 e. The van der Waals surface area contributed by atoms with Crippen LogP contribution >= 0.6 is 0 Å². The van der Waals surface area contributed by atoms with Gasteiger partial charge in [-0.2, -0.15) is 5.10 Å². The topological polar surface area (TPSA) is 70.6 Å². The number of carbonyl (C=O) groups is 1. The normalized spacial score (nSPS) is 14.0. The van der Waals surface area contributed by atoms with Crippen molar-refractivity contribution in [2.45, 2.75) is 13.0 Å². The van der Waals surface area contributed by atoms with E-state index in [1.165, 1.54) is 0 Å². The number of ether oxygens (including phenoxy) is 1. The molecule has 2 aromatic rings. The molecular weight excluding hydrogens is 306 g/mol. The summed E-state index contributed by atoms with van der Waals surface area (Å²) in [6.07, 6.45) is 0. The summed E-state index contributed by atoms with van der Waals surface area (Å²) in [4.78, 5) is 16.2. The van der Waals surface area contributed by atoms with E-state index in [9.17, 15) is 4.79 Å². The number of rotatable bonds is 4. The fraction of sp³-hybridized carbons (Fsp3) is 0.353. The van der Waals surface area contributed by atoms with Gasteiger partial charge in [0.25, 0.3) is 0 Å². The predicted molar refractivity (Wildman–Crippen MR) is 92.5 cm³/mol. The highest BCUT2D eigenvalue weighted by molar-refractivity contribution is 5.89. The number of urea groups is 1. The third-order valence-corrected chi connectivity index (χ3v) is 4.16. The van der Waals surface area contributed by atoms with Crippen molar-refractivity contribution in [3.63, 3.8) is 0 Å². The lowest BCUT2D eigenvalue weighted by atomic mass is 10.1. The number of aryl methyl sites for hydroxylation is 1. The van der Waals surface area contributed by atoms with Crippen LogP contribution in [0.5, 0.6) is 5.75 Å². The van der Waals surface area contributed by atoms with E-state index in [1.54, 1.807) is 25.1 Å². The molecule has 1 aliphatic rings. The number of carbonyl (C=O) groups excluding carboxylic acids is 1. The van der Waals surface area contributed by atoms with Crippen molar-refractivity contribution < 1.29 is 9.53 Å². The van der Waals surface area contributed by atoms with Gasteiger partial charge >= 0.3 is 6.03 Å². The first-order chi connectivity index (χ1) is 11.6. The molecule has 2 amide bonds. The van der Waals surface area contributed by atoms with E-state index >= 15 is 0 Å². The molecule has 1 aromatic heterocycles. The van der Waals surface area contributed by atoms with Crippen molar-refractivity contribution in [1.29, 1.82) is 0 Å². The number of amides is 2. The van der Waals surface area contributed by atoms with Crippen molar-refractivity contribution in [1.82, 2.24) is 15.1 Å². The van der Waals surface area contributed by atoms with Crippen molar-refractivity contribution in [3.8, 4) is 5.75 Å². The summed E-state index contributed by atoms with van der Waals surface area (Å²) in [5.74, 6) is 1.56. The van der Waals surface area contributed by atoms with Gasteiger partial charge < -0.3 is 19.9 Å². The van der Waals surface area contributed by atoms with Crippen LogP contribution < -0.4 is 15.0 Å². The largest absolute Gasteiger partial charge is 0.497 e. The summed E-state index contributed by atoms with van der Waals surface area (Å²) in [5, 5.41) is 11.1. The Balaban J connectivity index is 1.54. The Hall–Kier alpha value is -2.83. The standard InChI is InChI=1S/C17H21N5O2/c1-12-7-8-16(20-19-12)22-10-14(11-22)21(2)17(23)18-13-5-4-6-15(9-13)24-3/h4-9,14H,10-11H2,1-3H3,(H,18,23). The summed E-state index contributed by atoms with van der Waals surface area (Å²) in [6.45, 7) is 3.41. The molecule has 0 atom stereocenters. The number of likely N-dealkylation sites (N-methyl/N-ethyl adjacent to an activating group) is 1. The Morgan fingerprint density at radius 1 is 1.29 bits per heavy atom. The van der Waals surface area contributed by atoms with Crippen molar-refractivity contribution in [2.24, 2.45) is 0 Å². The van der Waals surface area contributed by atoms with Crippen molar-refractivity contribution in [3.05, 3.63) is 42.1 Å². The number of benzene rings is 1. The highest BCUT2D eigenvalue weighted by atomic mass is 16.5. The summed E-state index contributed by atoms with van der Waals surface area (Å²) < 4.78 is 5.16. The molecule has 0 unspecified atom stereocenters. The van der Waals surface area contributed by atoms with Crippen molar-refractivity contribution in [2.75, 3.05) is 37.5 Å². The first-order valence-electron chi connectivity index (χ1n) is 7.80. The Kier molecular flexibility index (Phi) is 4.50. The van der Waals surface area contributed by atoms with Crippen LogP contribution in [-0.4, -0.2) is 54.4 Å². The van der Waals surface area contributed by atoms with Crippen LogP contribution in [0.15, 0.2) is 36.4 Å². The summed E-state index contributed by atoms with van der Waals surface area (Å²) >= 11 is 0. The number of nitrogens with one attached hydrogen (secondary N) is 1. The van der Waals surface area contributed by atoms with Gasteiger partial charge in [-0.15, -0.1) is 5.10 Å². The Morgan fingerprint density at radius 2 is 2.08 bits per heavy atom. The minimum absolute atomic E-state index is 0.136. The molecule has 0 radical (unpaired) electrons. The van der Waals surface area contributed by atoms with Gasteiger partial charge in [0.2, 0.25) is 0 Å². The molecule has 1 aromatic carbocycles. The Labute approximate surface area is 141 Å². The molecule has 2 heterocycles. The highest BCUT2D eigenvalue weighted by Gasteiger charge is 2.33. The average molecular weight is 327 g/mol. The molecular formula is C17H21N5O2. The molecule has 1 fully saturated rings. The van der Waals surface area contributed by atoms with Gasteiger partial charge in [0.1, 0.15) is 5.75 Å². The molecule has 7 nitrogen and oxygen atoms in total. The quantitative estimate of drug-likeness (QED) is 0.932. The van der Waals surface area contributed by atoms with Crippen LogP contribution in [0.4, 0.5) is 16.3 Å². The minimum atomic E-state index is -0.136. The molecule has 0 bridgehead atoms. The van der Waals surface area contributed by atoms with Gasteiger partial charge in [-0.25, -0.2) is 4.79 Å². The van der Waals surface area contributed by atoms with Gasteiger partial charge in [0.15, 0.2) is 5.82 Å². The zero-order valence-electron chi connectivity index (χ0n) is 14.1. The lowest BCUT2D eigenvalue weighted by molar-refractivity contribution is 0.191. The fourth-order valence-electron chi connectivity index (χ4n) is 2.53. The average Bonchev–Trinajstić information content (AvgIpc) is 2.55. The van der Waals surface area contributed by atoms with E-state index in [0.29, 0.717) is 11.4 Å². The van der Waals surface area contributed by atoms with Gasteiger partial charge in [-0.05, 0) is 31.2 Å². The van der Waals surface area contributed by atoms with E-state index in [2.05, 4.69) is 20.4 Å². The molecule has 1 saturated heterocycles. The molecule has 3 rings (SSSR count). The van der Waals surface area contributed by atoms with E-state index in [4.69, 9.17) is 4.74 Å². The molecule has 1 N–H and O–H groups in total. The molecule has 0 spiro atoms. The first-order valence-corrected chi connectivity index (χ1v) is 7.80. The lowest BCUT2D eigenvalue weighted by Gasteiger charge is -2.44. The Morgan fingerprint density at radius 3 is 2.75 bits per heavy atom. The zero-order valence-corrected chi connectivity index (χ0v) is 14.1. The monoisotopic (exact) mass is 327 g/mol. The van der Waals surface area contributed by atoms with Gasteiger partial charge in [-0.3, -0.25) is 0 Å². The molecule has 126 valence electrons. The molecule has 0 aliphatic carbocycles. The number of aromatic nitrogens is 2. The number of anilines is 2. The van der Waals surface area contributed by atoms with Crippen LogP contribution in [0.1, 0.15) is 5.69 Å². The second-order valence-corrected chi connectivity index (χ2v) is 5.86. The maximum atomic E-state index is 12.4. The second-order valence-electron chi connectivity index (χ2n) is 5.86. The number of hydrogen-bond acceptors (Lipinski definition) is 5. The third-order valence-electron chi connectivity index (χ3n) is 4.16. The molecule has 1 aliphatic heterocycles. The van der Waals surface area contributed by atoms with E-state index in [0.717, 1.165) is 24.6 Å². The molecule has 7 heteroatoms. The molecule has 24 heavy (non-hydrogen) atoms. The predicted octanol–water partition coefficient (Wildman–Crippen LogP) is 2.15. The SMILES string of the molecule is COc1cccc(NC(=O)N(C)C2CN(c3ccc(C)nn3)C2)c1. The van der Waals surface area contributed by atoms with Crippen LogP contribution in [0.3, 0.4) is 0 Å². The van der Waals surface area contributed by atoms with Crippen LogP contribution in [0, 0.1) is 6.92 Å². The Bertz CT molecular complexity index is 713. The van der Waals surface area contributed by atoms with Gasteiger partial charge in [0.05, 0.1) is 18.8 Å². The van der Waals surface area contributed by atoms with E-state index in [1.807, 2.05) is 37.3 Å². The highest BCUT2D eigenvalue weighted by Crippen LogP contribution is 2.22. The maximum absolute atomic E-state index is 12.4. The number of nitrogens with zero attached hydrogens (tertiary/aromatic N) is 4. The van der Waals surface area contributed by atoms with Crippen LogP contribution in [-0.2, 0) is 0 Å². The van der Waals surface area contributed by atoms with Gasteiger partial charge in [0, 0.05) is 31.9 Å². The lowest BCUT2D eigenvalue weighted by Crippen LogP contribution is -2.60. The smallest absolute Gasteiger partial charge is 0.321 e. The summed E-state index contributed by atoms with van der Waals surface area (Å²) in [7, 11) is 3.41. The van der Waals surface area contributed by atoms with Gasteiger partial charge in [-0.1, -0.05) is 6.07 Å². The number of methoxy groups -OCH3 is 1. The van der Waals surface area contributed by atoms with Crippen molar-refractivity contribution >= 4 is 17.5 Å². The third kappa shape index (κ3) is 3.40.